The fraction of sp³-hybridized carbons (Fsp3) is 0.500. The van der Waals surface area contributed by atoms with Crippen molar-refractivity contribution in [3.63, 3.8) is 0 Å². The predicted octanol–water partition coefficient (Wildman–Crippen LogP) is 13.8. The summed E-state index contributed by atoms with van der Waals surface area (Å²) in [6.07, 6.45) is 1.43. The van der Waals surface area contributed by atoms with Crippen molar-refractivity contribution in [3.8, 4) is 21.7 Å². The van der Waals surface area contributed by atoms with E-state index in [9.17, 15) is 23.1 Å². The summed E-state index contributed by atoms with van der Waals surface area (Å²) in [5.41, 5.74) is 4.34. The average Bonchev–Trinajstić information content (AvgIpc) is 3.51. The molecule has 0 saturated carbocycles. The molecule has 3 nitrogen and oxygen atoms in total. The van der Waals surface area contributed by atoms with Crippen molar-refractivity contribution >= 4 is 40.5 Å². The summed E-state index contributed by atoms with van der Waals surface area (Å²) in [4.78, 5) is 17.0. The molecule has 0 aliphatic heterocycles. The van der Waals surface area contributed by atoms with Crippen LogP contribution in [0.15, 0.2) is 54.4 Å². The number of fused-ring (bicyclic) bond motifs is 1. The molecule has 293 valence electrons. The van der Waals surface area contributed by atoms with Gasteiger partial charge in [0, 0.05) is 64.9 Å². The first-order valence-electron chi connectivity index (χ1n) is 19.1. The molecule has 0 bridgehead atoms. The van der Waals surface area contributed by atoms with E-state index >= 15 is 0 Å². The van der Waals surface area contributed by atoms with E-state index in [1.165, 1.54) is 40.7 Å². The van der Waals surface area contributed by atoms with Crippen molar-refractivity contribution < 1.29 is 43.2 Å². The first kappa shape index (κ1) is 46.6. The predicted molar refractivity (Wildman–Crippen MR) is 219 cm³/mol. The van der Waals surface area contributed by atoms with Gasteiger partial charge in [-0.15, -0.1) is 46.2 Å². The number of allylic oxidation sites excluding steroid dienone is 2. The molecular weight excluding hydrogens is 884 g/mol. The number of carbonyl (C=O) groups is 1. The van der Waals surface area contributed by atoms with E-state index in [0.29, 0.717) is 10.4 Å². The molecule has 1 N–H and O–H groups in total. The molecular formula is C44H59F3IrNO2SSi-. The molecule has 0 atom stereocenters. The van der Waals surface area contributed by atoms with Gasteiger partial charge in [-0.1, -0.05) is 124 Å². The third-order valence-corrected chi connectivity index (χ3v) is 17.8. The molecule has 0 aliphatic carbocycles. The molecule has 0 fully saturated rings. The van der Waals surface area contributed by atoms with Gasteiger partial charge >= 0.3 is 6.18 Å². The van der Waals surface area contributed by atoms with E-state index in [2.05, 4.69) is 56.1 Å². The number of benzene rings is 2. The number of ketones is 1. The number of halogens is 3. The Labute approximate surface area is 335 Å². The summed E-state index contributed by atoms with van der Waals surface area (Å²) in [6.45, 7) is 22.8. The Morgan fingerprint density at radius 2 is 1.45 bits per heavy atom. The van der Waals surface area contributed by atoms with Gasteiger partial charge in [-0.3, -0.25) is 4.79 Å². The van der Waals surface area contributed by atoms with Crippen LogP contribution in [0.2, 0.25) is 18.1 Å². The fourth-order valence-electron chi connectivity index (χ4n) is 7.44. The zero-order valence-corrected chi connectivity index (χ0v) is 37.7. The van der Waals surface area contributed by atoms with Gasteiger partial charge in [0.25, 0.3) is 0 Å². The number of hydrogen-bond acceptors (Lipinski definition) is 4. The van der Waals surface area contributed by atoms with Gasteiger partial charge in [-0.25, -0.2) is 0 Å². The van der Waals surface area contributed by atoms with Crippen LogP contribution in [-0.2, 0) is 31.1 Å². The Morgan fingerprint density at radius 1 is 0.906 bits per heavy atom. The monoisotopic (exact) mass is 943 g/mol. The molecule has 53 heavy (non-hydrogen) atoms. The molecule has 2 heterocycles. The van der Waals surface area contributed by atoms with Gasteiger partial charge in [0.2, 0.25) is 0 Å². The molecule has 2 aromatic heterocycles. The number of nitrogens with zero attached hydrogens (tertiary/aromatic N) is 1. The van der Waals surface area contributed by atoms with Crippen LogP contribution in [0.1, 0.15) is 116 Å². The number of pyridine rings is 1. The number of hydrogen-bond donors (Lipinski definition) is 1. The average molecular weight is 943 g/mol. The maximum Gasteiger partial charge on any atom is 0.418 e. The van der Waals surface area contributed by atoms with E-state index in [0.717, 1.165) is 64.6 Å². The first-order chi connectivity index (χ1) is 24.6. The Bertz CT molecular complexity index is 1790. The number of aromatic nitrogens is 1. The summed E-state index contributed by atoms with van der Waals surface area (Å²) in [5.74, 6) is 0.463. The third-order valence-electron chi connectivity index (χ3n) is 10.9. The minimum Gasteiger partial charge on any atom is -0.512 e. The number of thiophene rings is 1. The molecule has 0 spiro atoms. The second kappa shape index (κ2) is 20.4. The van der Waals surface area contributed by atoms with E-state index < -0.39 is 19.8 Å². The number of carbonyl (C=O) groups excluding carboxylic acids is 1. The molecule has 0 unspecified atom stereocenters. The Kier molecular flexibility index (Phi) is 17.9. The minimum absolute atomic E-state index is 0. The van der Waals surface area contributed by atoms with Gasteiger partial charge < -0.3 is 10.1 Å². The van der Waals surface area contributed by atoms with Crippen LogP contribution in [0.5, 0.6) is 0 Å². The van der Waals surface area contributed by atoms with Gasteiger partial charge in [0.15, 0.2) is 5.78 Å². The summed E-state index contributed by atoms with van der Waals surface area (Å²) in [6, 6.07) is 19.6. The SMILES string of the molecule is CCC(CC)C(=O)/C=C(\O)C(CC)CC.CC[Si](CC)(CC)c1ccc(-c2sc3c(-c4[c-]c(C)cc(C)c4)ncc(C(F)(F)F)c3c2C(C)C)cc1.[Ir]. The molecule has 9 heteroatoms. The van der Waals surface area contributed by atoms with Crippen molar-refractivity contribution in [2.24, 2.45) is 11.8 Å². The van der Waals surface area contributed by atoms with E-state index in [4.69, 9.17) is 0 Å². The van der Waals surface area contributed by atoms with Gasteiger partial charge in [0.1, 0.15) is 0 Å². The Morgan fingerprint density at radius 3 is 1.91 bits per heavy atom. The van der Waals surface area contributed by atoms with Gasteiger partial charge in [-0.05, 0) is 42.7 Å². The minimum atomic E-state index is -4.49. The van der Waals surface area contributed by atoms with Crippen LogP contribution in [0.4, 0.5) is 13.2 Å². The van der Waals surface area contributed by atoms with Crippen LogP contribution in [0.3, 0.4) is 0 Å². The van der Waals surface area contributed by atoms with Crippen LogP contribution >= 0.6 is 11.3 Å². The maximum absolute atomic E-state index is 14.3. The molecule has 0 aliphatic rings. The van der Waals surface area contributed by atoms with Gasteiger partial charge in [-0.2, -0.15) is 13.2 Å². The third kappa shape index (κ3) is 10.8. The molecule has 1 radical (unpaired) electrons. The molecule has 0 saturated heterocycles. The molecule has 2 aromatic carbocycles. The Balaban J connectivity index is 0.000000516. The summed E-state index contributed by atoms with van der Waals surface area (Å²) < 4.78 is 43.5. The maximum atomic E-state index is 14.3. The van der Waals surface area contributed by atoms with E-state index in [-0.39, 0.29) is 54.8 Å². The first-order valence-corrected chi connectivity index (χ1v) is 22.6. The topological polar surface area (TPSA) is 50.2 Å². The number of alkyl halides is 3. The summed E-state index contributed by atoms with van der Waals surface area (Å²) >= 11 is 1.43. The summed E-state index contributed by atoms with van der Waals surface area (Å²) in [5, 5.41) is 11.5. The summed E-state index contributed by atoms with van der Waals surface area (Å²) in [7, 11) is -1.54. The molecule has 4 aromatic rings. The zero-order valence-electron chi connectivity index (χ0n) is 33.5. The Hall–Kier alpha value is -2.58. The van der Waals surface area contributed by atoms with Crippen molar-refractivity contribution in [1.29, 1.82) is 0 Å². The number of aliphatic hydroxyl groups is 1. The second-order valence-electron chi connectivity index (χ2n) is 14.4. The van der Waals surface area contributed by atoms with Crippen molar-refractivity contribution in [2.45, 2.75) is 132 Å². The van der Waals surface area contributed by atoms with Crippen molar-refractivity contribution in [1.82, 2.24) is 4.98 Å². The zero-order chi connectivity index (χ0) is 39.0. The van der Waals surface area contributed by atoms with Crippen molar-refractivity contribution in [3.05, 3.63) is 82.8 Å². The van der Waals surface area contributed by atoms with Gasteiger partial charge in [0.05, 0.1) is 19.4 Å². The number of aliphatic hydroxyl groups excluding tert-OH is 1. The van der Waals surface area contributed by atoms with Crippen molar-refractivity contribution in [2.75, 3.05) is 0 Å². The van der Waals surface area contributed by atoms with E-state index in [1.54, 1.807) is 0 Å². The van der Waals surface area contributed by atoms with Crippen LogP contribution in [0.25, 0.3) is 31.8 Å². The second-order valence-corrected chi connectivity index (χ2v) is 20.7. The van der Waals surface area contributed by atoms with Crippen LogP contribution in [-0.4, -0.2) is 23.9 Å². The molecule has 0 amide bonds. The molecule has 4 rings (SSSR count). The largest absolute Gasteiger partial charge is 0.512 e. The quantitative estimate of drug-likeness (QED) is 0.0593. The van der Waals surface area contributed by atoms with Crippen LogP contribution in [0, 0.1) is 31.7 Å². The van der Waals surface area contributed by atoms with E-state index in [1.807, 2.05) is 67.5 Å². The standard InChI is InChI=1S/C31H35F3NSSi.C13H24O2.Ir/c1-8-37(9-2,10-3)24-13-11-22(12-14-24)29-26(19(4)5)27-25(31(32,33)34)18-35-28(30(27)36-29)23-16-20(6)15-21(7)17-23;1-5-10(6-2)12(14)9-13(15)11(7-3)8-4;/h11-16,18-19H,8-10H2,1-7H3;9-11,14H,5-8H2,1-4H3;/q-1;;/b;12-9-;. The van der Waals surface area contributed by atoms with Crippen LogP contribution < -0.4 is 5.19 Å². The number of rotatable bonds is 14. The number of aryl methyl sites for hydroxylation is 2. The fourth-order valence-corrected chi connectivity index (χ4v) is 12.5. The smallest absolute Gasteiger partial charge is 0.418 e. The normalized spacial score (nSPS) is 12.4.